The van der Waals surface area contributed by atoms with Crippen LogP contribution in [0.15, 0.2) is 21.4 Å². The monoisotopic (exact) mass is 183 g/mol. The fourth-order valence-corrected chi connectivity index (χ4v) is 1.46. The predicted octanol–water partition coefficient (Wildman–Crippen LogP) is 0.643. The Labute approximate surface area is 74.0 Å². The standard InChI is InChI=1S/C7H6ClN3O/c1-3-6-4(11-10-3)2-5(8)9-7(6)12/h2,6H,1H3,(H,9,12). The molecule has 0 aromatic carbocycles. The molecule has 12 heavy (non-hydrogen) atoms. The van der Waals surface area contributed by atoms with Crippen LogP contribution in [0, 0.1) is 5.92 Å². The van der Waals surface area contributed by atoms with Gasteiger partial charge in [-0.05, 0) is 13.0 Å². The third kappa shape index (κ3) is 0.956. The van der Waals surface area contributed by atoms with E-state index in [1.165, 1.54) is 0 Å². The lowest BCUT2D eigenvalue weighted by Crippen LogP contribution is -2.39. The summed E-state index contributed by atoms with van der Waals surface area (Å²) < 4.78 is 0. The van der Waals surface area contributed by atoms with Crippen molar-refractivity contribution in [2.75, 3.05) is 0 Å². The normalized spacial score (nSPS) is 27.0. The second kappa shape index (κ2) is 2.42. The highest BCUT2D eigenvalue weighted by Gasteiger charge is 2.33. The van der Waals surface area contributed by atoms with E-state index in [0.717, 1.165) is 0 Å². The molecule has 62 valence electrons. The van der Waals surface area contributed by atoms with Crippen molar-refractivity contribution in [1.82, 2.24) is 5.32 Å². The third-order valence-electron chi connectivity index (χ3n) is 1.82. The largest absolute Gasteiger partial charge is 0.316 e. The van der Waals surface area contributed by atoms with Gasteiger partial charge in [0.15, 0.2) is 0 Å². The maximum absolute atomic E-state index is 11.3. The van der Waals surface area contributed by atoms with Crippen LogP contribution < -0.4 is 5.32 Å². The number of fused-ring (bicyclic) bond motifs is 1. The molecule has 1 unspecified atom stereocenters. The summed E-state index contributed by atoms with van der Waals surface area (Å²) in [5.41, 5.74) is 1.34. The Morgan fingerprint density at radius 1 is 1.58 bits per heavy atom. The van der Waals surface area contributed by atoms with E-state index in [2.05, 4.69) is 15.5 Å². The van der Waals surface area contributed by atoms with E-state index in [1.807, 2.05) is 0 Å². The van der Waals surface area contributed by atoms with E-state index in [1.54, 1.807) is 13.0 Å². The quantitative estimate of drug-likeness (QED) is 0.551. The topological polar surface area (TPSA) is 53.8 Å². The smallest absolute Gasteiger partial charge is 0.240 e. The summed E-state index contributed by atoms with van der Waals surface area (Å²) in [5.74, 6) is -0.479. The van der Waals surface area contributed by atoms with Gasteiger partial charge in [-0.15, -0.1) is 0 Å². The molecule has 2 heterocycles. The summed E-state index contributed by atoms with van der Waals surface area (Å²) in [7, 11) is 0. The lowest BCUT2D eigenvalue weighted by atomic mass is 9.96. The molecular formula is C7H6ClN3O. The summed E-state index contributed by atoms with van der Waals surface area (Å²) in [6.07, 6.45) is 1.62. The van der Waals surface area contributed by atoms with Gasteiger partial charge in [-0.3, -0.25) is 4.79 Å². The van der Waals surface area contributed by atoms with Gasteiger partial charge in [-0.25, -0.2) is 0 Å². The average Bonchev–Trinajstić information content (AvgIpc) is 2.31. The van der Waals surface area contributed by atoms with Crippen molar-refractivity contribution < 1.29 is 4.79 Å². The number of hydrogen-bond acceptors (Lipinski definition) is 3. The summed E-state index contributed by atoms with van der Waals surface area (Å²) in [4.78, 5) is 11.3. The molecule has 5 heteroatoms. The molecule has 1 N–H and O–H groups in total. The van der Waals surface area contributed by atoms with Gasteiger partial charge in [0.05, 0.1) is 11.4 Å². The molecule has 2 aliphatic heterocycles. The minimum Gasteiger partial charge on any atom is -0.316 e. The van der Waals surface area contributed by atoms with E-state index >= 15 is 0 Å². The van der Waals surface area contributed by atoms with Crippen LogP contribution in [0.5, 0.6) is 0 Å². The van der Waals surface area contributed by atoms with Crippen LogP contribution in [0.4, 0.5) is 0 Å². The molecule has 1 amide bonds. The van der Waals surface area contributed by atoms with Gasteiger partial charge in [0.25, 0.3) is 0 Å². The minimum absolute atomic E-state index is 0.153. The molecule has 0 saturated carbocycles. The van der Waals surface area contributed by atoms with Crippen LogP contribution in [0.2, 0.25) is 0 Å². The third-order valence-corrected chi connectivity index (χ3v) is 2.02. The number of amides is 1. The zero-order valence-electron chi connectivity index (χ0n) is 6.34. The molecule has 0 bridgehead atoms. The van der Waals surface area contributed by atoms with Gasteiger partial charge in [-0.2, -0.15) is 10.2 Å². The number of nitrogens with one attached hydrogen (secondary N) is 1. The number of rotatable bonds is 0. The van der Waals surface area contributed by atoms with Gasteiger partial charge in [0.2, 0.25) is 5.91 Å². The molecule has 1 atom stereocenters. The van der Waals surface area contributed by atoms with Crippen LogP contribution >= 0.6 is 11.6 Å². The van der Waals surface area contributed by atoms with Gasteiger partial charge < -0.3 is 5.32 Å². The van der Waals surface area contributed by atoms with Crippen molar-refractivity contribution in [2.24, 2.45) is 16.1 Å². The van der Waals surface area contributed by atoms with Gasteiger partial charge in [0.1, 0.15) is 11.1 Å². The average molecular weight is 184 g/mol. The maximum atomic E-state index is 11.3. The Kier molecular flexibility index (Phi) is 1.51. The van der Waals surface area contributed by atoms with Crippen molar-refractivity contribution in [3.8, 4) is 0 Å². The molecule has 4 nitrogen and oxygen atoms in total. The van der Waals surface area contributed by atoms with Crippen molar-refractivity contribution in [2.45, 2.75) is 6.92 Å². The Morgan fingerprint density at radius 2 is 2.33 bits per heavy atom. The number of allylic oxidation sites excluding steroid dienone is 1. The van der Waals surface area contributed by atoms with E-state index in [-0.39, 0.29) is 11.8 Å². The Balaban J connectivity index is 2.42. The van der Waals surface area contributed by atoms with Crippen molar-refractivity contribution in [3.63, 3.8) is 0 Å². The lowest BCUT2D eigenvalue weighted by molar-refractivity contribution is -0.120. The number of hydrogen-bond donors (Lipinski definition) is 1. The van der Waals surface area contributed by atoms with Crippen molar-refractivity contribution in [1.29, 1.82) is 0 Å². The molecule has 0 saturated heterocycles. The minimum atomic E-state index is -0.326. The highest BCUT2D eigenvalue weighted by molar-refractivity contribution is 6.37. The number of carbonyl (C=O) groups is 1. The summed E-state index contributed by atoms with van der Waals surface area (Å²) in [5, 5.41) is 10.4. The summed E-state index contributed by atoms with van der Waals surface area (Å²) in [6, 6.07) is 0. The highest BCUT2D eigenvalue weighted by Crippen LogP contribution is 2.19. The summed E-state index contributed by atoms with van der Waals surface area (Å²) >= 11 is 5.62. The number of carbonyl (C=O) groups excluding carboxylic acids is 1. The molecule has 0 spiro atoms. The SMILES string of the molecule is CC1=NN=C2C=C(Cl)NC(=O)C12. The molecular weight excluding hydrogens is 178 g/mol. The van der Waals surface area contributed by atoms with Crippen LogP contribution in [-0.4, -0.2) is 17.3 Å². The fraction of sp³-hybridized carbons (Fsp3) is 0.286. The summed E-state index contributed by atoms with van der Waals surface area (Å²) in [6.45, 7) is 1.77. The fourth-order valence-electron chi connectivity index (χ4n) is 1.26. The Bertz CT molecular complexity index is 343. The van der Waals surface area contributed by atoms with Crippen LogP contribution in [0.25, 0.3) is 0 Å². The molecule has 0 aromatic rings. The Hall–Kier alpha value is -1.16. The zero-order valence-corrected chi connectivity index (χ0v) is 7.09. The number of halogens is 1. The molecule has 0 aromatic heterocycles. The zero-order chi connectivity index (χ0) is 8.72. The van der Waals surface area contributed by atoms with E-state index in [0.29, 0.717) is 16.6 Å². The molecule has 2 rings (SSSR count). The van der Waals surface area contributed by atoms with Gasteiger partial charge in [0, 0.05) is 0 Å². The number of nitrogens with zero attached hydrogens (tertiary/aromatic N) is 2. The lowest BCUT2D eigenvalue weighted by Gasteiger charge is -2.16. The van der Waals surface area contributed by atoms with Crippen LogP contribution in [0.3, 0.4) is 0 Å². The molecule has 0 radical (unpaired) electrons. The predicted molar refractivity (Wildman–Crippen MR) is 46.1 cm³/mol. The van der Waals surface area contributed by atoms with Gasteiger partial charge in [-0.1, -0.05) is 11.6 Å². The van der Waals surface area contributed by atoms with E-state index < -0.39 is 0 Å². The first-order valence-electron chi connectivity index (χ1n) is 3.48. The first-order valence-corrected chi connectivity index (χ1v) is 3.86. The van der Waals surface area contributed by atoms with Crippen LogP contribution in [-0.2, 0) is 4.79 Å². The molecule has 2 aliphatic rings. The second-order valence-corrected chi connectivity index (χ2v) is 3.09. The molecule has 0 aliphatic carbocycles. The second-order valence-electron chi connectivity index (χ2n) is 2.68. The first kappa shape index (κ1) is 7.49. The van der Waals surface area contributed by atoms with Gasteiger partial charge >= 0.3 is 0 Å². The maximum Gasteiger partial charge on any atom is 0.240 e. The first-order chi connectivity index (χ1) is 5.68. The highest BCUT2D eigenvalue weighted by atomic mass is 35.5. The van der Waals surface area contributed by atoms with E-state index in [4.69, 9.17) is 11.6 Å². The van der Waals surface area contributed by atoms with Crippen LogP contribution in [0.1, 0.15) is 6.92 Å². The molecule has 0 fully saturated rings. The van der Waals surface area contributed by atoms with E-state index in [9.17, 15) is 4.79 Å². The van der Waals surface area contributed by atoms with Crippen molar-refractivity contribution in [3.05, 3.63) is 11.2 Å². The van der Waals surface area contributed by atoms with Crippen molar-refractivity contribution >= 4 is 28.9 Å². The Morgan fingerprint density at radius 3 is 3.08 bits per heavy atom.